The Bertz CT molecular complexity index is 388. The van der Waals surface area contributed by atoms with E-state index in [-0.39, 0.29) is 12.5 Å². The molecular formula is C10H13Cl2N3O2. The third-order valence-corrected chi connectivity index (χ3v) is 2.29. The summed E-state index contributed by atoms with van der Waals surface area (Å²) in [6.45, 7) is 0.987. The Balaban J connectivity index is 2.29. The molecule has 1 heterocycles. The fourth-order valence-corrected chi connectivity index (χ4v) is 1.50. The predicted molar refractivity (Wildman–Crippen MR) is 66.4 cm³/mol. The second kappa shape index (κ2) is 7.32. The fourth-order valence-electron chi connectivity index (χ4n) is 1.07. The summed E-state index contributed by atoms with van der Waals surface area (Å²) in [5.41, 5.74) is 5.23. The lowest BCUT2D eigenvalue weighted by atomic mass is 10.4. The van der Waals surface area contributed by atoms with Gasteiger partial charge in [-0.2, -0.15) is 0 Å². The number of carbonyl (C=O) groups excluding carboxylic acids is 1. The molecule has 0 saturated heterocycles. The Morgan fingerprint density at radius 2 is 2.29 bits per heavy atom. The molecule has 0 spiro atoms. The lowest BCUT2D eigenvalue weighted by molar-refractivity contribution is -0.121. The summed E-state index contributed by atoms with van der Waals surface area (Å²) in [4.78, 5) is 15.0. The highest BCUT2D eigenvalue weighted by Gasteiger charge is 2.04. The highest BCUT2D eigenvalue weighted by molar-refractivity contribution is 6.35. The maximum absolute atomic E-state index is 11.1. The average molecular weight is 278 g/mol. The Morgan fingerprint density at radius 3 is 2.94 bits per heavy atom. The SMILES string of the molecule is NCCC(=O)NCCOc1ncc(Cl)cc1Cl. The van der Waals surface area contributed by atoms with Crippen LogP contribution in [0.1, 0.15) is 6.42 Å². The first-order valence-electron chi connectivity index (χ1n) is 5.04. The van der Waals surface area contributed by atoms with Crippen LogP contribution >= 0.6 is 23.2 Å². The average Bonchev–Trinajstić information content (AvgIpc) is 2.27. The van der Waals surface area contributed by atoms with Crippen LogP contribution in [0.25, 0.3) is 0 Å². The number of hydrogen-bond acceptors (Lipinski definition) is 4. The number of nitrogens with two attached hydrogens (primary N) is 1. The van der Waals surface area contributed by atoms with E-state index in [1.807, 2.05) is 0 Å². The van der Waals surface area contributed by atoms with Crippen molar-refractivity contribution in [2.75, 3.05) is 19.7 Å². The summed E-state index contributed by atoms with van der Waals surface area (Å²) in [6, 6.07) is 1.54. The number of ether oxygens (including phenoxy) is 1. The van der Waals surface area contributed by atoms with E-state index in [1.165, 1.54) is 6.20 Å². The van der Waals surface area contributed by atoms with Gasteiger partial charge in [0.25, 0.3) is 0 Å². The molecule has 0 unspecified atom stereocenters. The molecule has 0 fully saturated rings. The number of pyridine rings is 1. The summed E-state index contributed by atoms with van der Waals surface area (Å²) in [5.74, 6) is 0.190. The van der Waals surface area contributed by atoms with Crippen molar-refractivity contribution in [2.24, 2.45) is 5.73 Å². The smallest absolute Gasteiger partial charge is 0.232 e. The molecule has 0 saturated carbocycles. The van der Waals surface area contributed by atoms with Gasteiger partial charge in [0.05, 0.1) is 11.6 Å². The summed E-state index contributed by atoms with van der Waals surface area (Å²) in [7, 11) is 0. The number of halogens is 2. The van der Waals surface area contributed by atoms with Crippen LogP contribution in [0, 0.1) is 0 Å². The fraction of sp³-hybridized carbons (Fsp3) is 0.400. The zero-order valence-electron chi connectivity index (χ0n) is 9.08. The van der Waals surface area contributed by atoms with E-state index in [9.17, 15) is 4.79 Å². The standard InChI is InChI=1S/C10H13Cl2N3O2/c11-7-5-8(12)10(15-6-7)17-4-3-14-9(16)1-2-13/h5-6H,1-4,13H2,(H,14,16). The van der Waals surface area contributed by atoms with Crippen LogP contribution in [0.4, 0.5) is 0 Å². The first-order valence-corrected chi connectivity index (χ1v) is 5.79. The van der Waals surface area contributed by atoms with E-state index >= 15 is 0 Å². The third kappa shape index (κ3) is 5.21. The van der Waals surface area contributed by atoms with Gasteiger partial charge >= 0.3 is 0 Å². The van der Waals surface area contributed by atoms with Crippen LogP contribution < -0.4 is 15.8 Å². The van der Waals surface area contributed by atoms with Crippen molar-refractivity contribution in [3.05, 3.63) is 22.3 Å². The summed E-state index contributed by atoms with van der Waals surface area (Å²) in [5, 5.41) is 3.43. The molecule has 0 atom stereocenters. The Morgan fingerprint density at radius 1 is 1.53 bits per heavy atom. The quantitative estimate of drug-likeness (QED) is 0.767. The van der Waals surface area contributed by atoms with Crippen molar-refractivity contribution in [3.63, 3.8) is 0 Å². The van der Waals surface area contributed by atoms with Gasteiger partial charge in [-0.15, -0.1) is 0 Å². The number of nitrogens with one attached hydrogen (secondary N) is 1. The molecule has 1 rings (SSSR count). The van der Waals surface area contributed by atoms with Crippen LogP contribution in [0.3, 0.4) is 0 Å². The second-order valence-corrected chi connectivity index (χ2v) is 4.02. The first kappa shape index (κ1) is 14.0. The molecule has 0 aliphatic rings. The van der Waals surface area contributed by atoms with E-state index in [2.05, 4.69) is 10.3 Å². The zero-order chi connectivity index (χ0) is 12.7. The second-order valence-electron chi connectivity index (χ2n) is 3.18. The molecule has 94 valence electrons. The maximum atomic E-state index is 11.1. The van der Waals surface area contributed by atoms with Crippen molar-refractivity contribution >= 4 is 29.1 Å². The largest absolute Gasteiger partial charge is 0.475 e. The Hall–Kier alpha value is -1.04. The van der Waals surface area contributed by atoms with Crippen LogP contribution in [0.5, 0.6) is 5.88 Å². The van der Waals surface area contributed by atoms with E-state index in [0.717, 1.165) is 0 Å². The van der Waals surface area contributed by atoms with E-state index in [4.69, 9.17) is 33.7 Å². The number of carbonyl (C=O) groups is 1. The first-order chi connectivity index (χ1) is 8.13. The number of nitrogens with zero attached hydrogens (tertiary/aromatic N) is 1. The van der Waals surface area contributed by atoms with Gasteiger partial charge in [0.15, 0.2) is 0 Å². The molecule has 0 aromatic carbocycles. The van der Waals surface area contributed by atoms with E-state index in [1.54, 1.807) is 6.07 Å². The third-order valence-electron chi connectivity index (χ3n) is 1.81. The van der Waals surface area contributed by atoms with Crippen LogP contribution in [0.2, 0.25) is 10.0 Å². The van der Waals surface area contributed by atoms with Gasteiger partial charge in [-0.05, 0) is 6.07 Å². The maximum Gasteiger partial charge on any atom is 0.232 e. The molecule has 1 aromatic heterocycles. The highest BCUT2D eigenvalue weighted by atomic mass is 35.5. The van der Waals surface area contributed by atoms with Crippen LogP contribution in [0.15, 0.2) is 12.3 Å². The summed E-state index contributed by atoms with van der Waals surface area (Å²) >= 11 is 11.5. The zero-order valence-corrected chi connectivity index (χ0v) is 10.6. The summed E-state index contributed by atoms with van der Waals surface area (Å²) < 4.78 is 5.27. The molecule has 1 amide bonds. The van der Waals surface area contributed by atoms with Gasteiger partial charge in [-0.3, -0.25) is 4.79 Å². The molecule has 0 radical (unpaired) electrons. The molecule has 0 aliphatic carbocycles. The van der Waals surface area contributed by atoms with Gasteiger partial charge < -0.3 is 15.8 Å². The molecule has 1 aromatic rings. The van der Waals surface area contributed by atoms with E-state index < -0.39 is 0 Å². The Kier molecular flexibility index (Phi) is 6.04. The topological polar surface area (TPSA) is 77.2 Å². The van der Waals surface area contributed by atoms with E-state index in [0.29, 0.717) is 35.4 Å². The molecule has 7 heteroatoms. The molecule has 0 bridgehead atoms. The minimum Gasteiger partial charge on any atom is -0.475 e. The lowest BCUT2D eigenvalue weighted by Gasteiger charge is -2.07. The Labute approximate surface area is 109 Å². The van der Waals surface area contributed by atoms with Gasteiger partial charge in [-0.25, -0.2) is 4.98 Å². The molecule has 17 heavy (non-hydrogen) atoms. The van der Waals surface area contributed by atoms with Crippen LogP contribution in [-0.2, 0) is 4.79 Å². The van der Waals surface area contributed by atoms with Gasteiger partial charge in [0.1, 0.15) is 11.6 Å². The molecule has 5 nitrogen and oxygen atoms in total. The predicted octanol–water partition coefficient (Wildman–Crippen LogP) is 1.23. The minimum atomic E-state index is -0.105. The van der Waals surface area contributed by atoms with Crippen molar-refractivity contribution < 1.29 is 9.53 Å². The highest BCUT2D eigenvalue weighted by Crippen LogP contribution is 2.24. The number of aromatic nitrogens is 1. The van der Waals surface area contributed by atoms with Gasteiger partial charge in [0, 0.05) is 19.2 Å². The van der Waals surface area contributed by atoms with Crippen molar-refractivity contribution in [2.45, 2.75) is 6.42 Å². The number of rotatable bonds is 6. The van der Waals surface area contributed by atoms with Gasteiger partial charge in [0.2, 0.25) is 11.8 Å². The number of hydrogen-bond donors (Lipinski definition) is 2. The van der Waals surface area contributed by atoms with Crippen molar-refractivity contribution in [1.29, 1.82) is 0 Å². The van der Waals surface area contributed by atoms with Crippen molar-refractivity contribution in [1.82, 2.24) is 10.3 Å². The lowest BCUT2D eigenvalue weighted by Crippen LogP contribution is -2.29. The van der Waals surface area contributed by atoms with Gasteiger partial charge in [-0.1, -0.05) is 23.2 Å². The minimum absolute atomic E-state index is 0.105. The molecular weight excluding hydrogens is 265 g/mol. The number of amides is 1. The molecule has 3 N–H and O–H groups in total. The molecule has 0 aliphatic heterocycles. The summed E-state index contributed by atoms with van der Waals surface area (Å²) in [6.07, 6.45) is 1.75. The van der Waals surface area contributed by atoms with Crippen LogP contribution in [-0.4, -0.2) is 30.6 Å². The normalized spacial score (nSPS) is 10.1. The monoisotopic (exact) mass is 277 g/mol. The van der Waals surface area contributed by atoms with Crippen molar-refractivity contribution in [3.8, 4) is 5.88 Å².